The fourth-order valence-electron chi connectivity index (χ4n) is 1.49. The van der Waals surface area contributed by atoms with E-state index in [4.69, 9.17) is 4.74 Å². The highest BCUT2D eigenvalue weighted by Crippen LogP contribution is 2.04. The molecule has 1 aromatic rings. The molecular formula is C15H27N3O. The SMILES string of the molecule is CN(C)CCOCc1cccc(CNC(C)(C)C)n1. The van der Waals surface area contributed by atoms with Gasteiger partial charge >= 0.3 is 0 Å². The zero-order valence-electron chi connectivity index (χ0n) is 12.9. The monoisotopic (exact) mass is 265 g/mol. The molecule has 0 aliphatic rings. The maximum Gasteiger partial charge on any atom is 0.0888 e. The van der Waals surface area contributed by atoms with Gasteiger partial charge in [0, 0.05) is 18.6 Å². The molecule has 1 heterocycles. The quantitative estimate of drug-likeness (QED) is 0.766. The van der Waals surface area contributed by atoms with E-state index in [-0.39, 0.29) is 5.54 Å². The van der Waals surface area contributed by atoms with Crippen molar-refractivity contribution in [1.29, 1.82) is 0 Å². The van der Waals surface area contributed by atoms with Crippen molar-refractivity contribution in [1.82, 2.24) is 15.2 Å². The molecule has 0 amide bonds. The zero-order valence-corrected chi connectivity index (χ0v) is 12.9. The van der Waals surface area contributed by atoms with Crippen LogP contribution < -0.4 is 5.32 Å². The van der Waals surface area contributed by atoms with Crippen molar-refractivity contribution in [3.05, 3.63) is 29.6 Å². The normalized spacial score (nSPS) is 12.1. The van der Waals surface area contributed by atoms with Crippen molar-refractivity contribution < 1.29 is 4.74 Å². The Balaban J connectivity index is 2.39. The number of rotatable bonds is 7. The van der Waals surface area contributed by atoms with Gasteiger partial charge in [0.15, 0.2) is 0 Å². The van der Waals surface area contributed by atoms with Crippen LogP contribution >= 0.6 is 0 Å². The number of nitrogens with one attached hydrogen (secondary N) is 1. The highest BCUT2D eigenvalue weighted by Gasteiger charge is 2.08. The molecule has 0 aliphatic carbocycles. The van der Waals surface area contributed by atoms with Gasteiger partial charge in [0.1, 0.15) is 0 Å². The van der Waals surface area contributed by atoms with Crippen molar-refractivity contribution in [2.45, 2.75) is 39.5 Å². The minimum Gasteiger partial charge on any atom is -0.374 e. The van der Waals surface area contributed by atoms with E-state index in [1.54, 1.807) is 0 Å². The van der Waals surface area contributed by atoms with E-state index in [1.807, 2.05) is 32.3 Å². The first-order chi connectivity index (χ1) is 8.87. The van der Waals surface area contributed by atoms with Gasteiger partial charge in [0.25, 0.3) is 0 Å². The Bertz CT molecular complexity index is 372. The number of hydrogen-bond donors (Lipinski definition) is 1. The Morgan fingerprint density at radius 3 is 2.53 bits per heavy atom. The van der Waals surface area contributed by atoms with Crippen molar-refractivity contribution in [2.75, 3.05) is 27.2 Å². The molecule has 4 heteroatoms. The zero-order chi connectivity index (χ0) is 14.3. The molecule has 0 radical (unpaired) electrons. The first-order valence-corrected chi connectivity index (χ1v) is 6.79. The maximum absolute atomic E-state index is 5.61. The van der Waals surface area contributed by atoms with Gasteiger partial charge in [-0.2, -0.15) is 0 Å². The van der Waals surface area contributed by atoms with Crippen LogP contribution in [0, 0.1) is 0 Å². The topological polar surface area (TPSA) is 37.4 Å². The average molecular weight is 265 g/mol. The van der Waals surface area contributed by atoms with Gasteiger partial charge in [-0.3, -0.25) is 4.98 Å². The van der Waals surface area contributed by atoms with Gasteiger partial charge in [-0.15, -0.1) is 0 Å². The van der Waals surface area contributed by atoms with E-state index >= 15 is 0 Å². The third kappa shape index (κ3) is 7.93. The summed E-state index contributed by atoms with van der Waals surface area (Å²) in [6.45, 7) is 9.50. The summed E-state index contributed by atoms with van der Waals surface area (Å²) in [5, 5.41) is 3.44. The average Bonchev–Trinajstić information content (AvgIpc) is 2.32. The second-order valence-corrected chi connectivity index (χ2v) is 6.08. The highest BCUT2D eigenvalue weighted by molar-refractivity contribution is 5.10. The molecule has 0 fully saturated rings. The predicted octanol–water partition coefficient (Wildman–Crippen LogP) is 2.05. The number of aromatic nitrogens is 1. The molecule has 0 bridgehead atoms. The third-order valence-corrected chi connectivity index (χ3v) is 2.60. The fraction of sp³-hybridized carbons (Fsp3) is 0.667. The lowest BCUT2D eigenvalue weighted by molar-refractivity contribution is 0.103. The summed E-state index contributed by atoms with van der Waals surface area (Å²) in [5.74, 6) is 0. The van der Waals surface area contributed by atoms with E-state index in [1.165, 1.54) is 0 Å². The van der Waals surface area contributed by atoms with Gasteiger partial charge in [0.2, 0.25) is 0 Å². The van der Waals surface area contributed by atoms with Crippen LogP contribution in [-0.2, 0) is 17.9 Å². The molecule has 0 aromatic carbocycles. The minimum atomic E-state index is 0.111. The third-order valence-electron chi connectivity index (χ3n) is 2.60. The standard InChI is InChI=1S/C15H27N3O/c1-15(2,3)16-11-13-7-6-8-14(17-13)12-19-10-9-18(4)5/h6-8,16H,9-12H2,1-5H3. The first-order valence-electron chi connectivity index (χ1n) is 6.79. The molecule has 1 N–H and O–H groups in total. The fourth-order valence-corrected chi connectivity index (χ4v) is 1.49. The molecule has 1 rings (SSSR count). The molecule has 19 heavy (non-hydrogen) atoms. The second kappa shape index (κ2) is 7.58. The van der Waals surface area contributed by atoms with Gasteiger partial charge in [-0.1, -0.05) is 6.07 Å². The highest BCUT2D eigenvalue weighted by atomic mass is 16.5. The molecule has 0 unspecified atom stereocenters. The van der Waals surface area contributed by atoms with Crippen LogP contribution in [0.1, 0.15) is 32.2 Å². The Kier molecular flexibility index (Phi) is 6.42. The summed E-state index contributed by atoms with van der Waals surface area (Å²) in [7, 11) is 4.08. The minimum absolute atomic E-state index is 0.111. The summed E-state index contributed by atoms with van der Waals surface area (Å²) in [5.41, 5.74) is 2.16. The van der Waals surface area contributed by atoms with Crippen LogP contribution in [0.2, 0.25) is 0 Å². The van der Waals surface area contributed by atoms with Crippen LogP contribution in [-0.4, -0.2) is 42.7 Å². The number of pyridine rings is 1. The summed E-state index contributed by atoms with van der Waals surface area (Å²) in [4.78, 5) is 6.70. The van der Waals surface area contributed by atoms with Gasteiger partial charge in [-0.25, -0.2) is 0 Å². The van der Waals surface area contributed by atoms with Crippen LogP contribution in [0.4, 0.5) is 0 Å². The Labute approximate surface area is 117 Å². The summed E-state index contributed by atoms with van der Waals surface area (Å²) >= 11 is 0. The van der Waals surface area contributed by atoms with Gasteiger partial charge < -0.3 is 15.0 Å². The molecule has 0 atom stereocenters. The lowest BCUT2D eigenvalue weighted by Crippen LogP contribution is -2.35. The molecule has 1 aromatic heterocycles. The number of likely N-dealkylation sites (N-methyl/N-ethyl adjacent to an activating group) is 1. The van der Waals surface area contributed by atoms with Crippen LogP contribution in [0.3, 0.4) is 0 Å². The van der Waals surface area contributed by atoms with E-state index in [0.717, 1.165) is 31.1 Å². The first kappa shape index (κ1) is 16.1. The molecule has 0 saturated carbocycles. The molecule has 108 valence electrons. The van der Waals surface area contributed by atoms with Gasteiger partial charge in [-0.05, 0) is 47.0 Å². The summed E-state index contributed by atoms with van der Waals surface area (Å²) < 4.78 is 5.61. The van der Waals surface area contributed by atoms with E-state index < -0.39 is 0 Å². The van der Waals surface area contributed by atoms with Gasteiger partial charge in [0.05, 0.1) is 24.6 Å². The van der Waals surface area contributed by atoms with Crippen molar-refractivity contribution in [3.8, 4) is 0 Å². The van der Waals surface area contributed by atoms with Crippen molar-refractivity contribution >= 4 is 0 Å². The van der Waals surface area contributed by atoms with Crippen molar-refractivity contribution in [2.24, 2.45) is 0 Å². The number of nitrogens with zero attached hydrogens (tertiary/aromatic N) is 2. The second-order valence-electron chi connectivity index (χ2n) is 6.08. The van der Waals surface area contributed by atoms with E-state index in [2.05, 4.69) is 36.0 Å². The van der Waals surface area contributed by atoms with Crippen LogP contribution in [0.25, 0.3) is 0 Å². The largest absolute Gasteiger partial charge is 0.374 e. The lowest BCUT2D eigenvalue weighted by atomic mass is 10.1. The molecule has 0 spiro atoms. The van der Waals surface area contributed by atoms with Crippen LogP contribution in [0.5, 0.6) is 0 Å². The summed E-state index contributed by atoms with van der Waals surface area (Å²) in [6.07, 6.45) is 0. The predicted molar refractivity (Wildman–Crippen MR) is 79.0 cm³/mol. The molecule has 0 saturated heterocycles. The molecule has 0 aliphatic heterocycles. The Morgan fingerprint density at radius 1 is 1.21 bits per heavy atom. The smallest absolute Gasteiger partial charge is 0.0888 e. The van der Waals surface area contributed by atoms with Crippen molar-refractivity contribution in [3.63, 3.8) is 0 Å². The number of ether oxygens (including phenoxy) is 1. The molecular weight excluding hydrogens is 238 g/mol. The van der Waals surface area contributed by atoms with E-state index in [0.29, 0.717) is 6.61 Å². The number of hydrogen-bond acceptors (Lipinski definition) is 4. The maximum atomic E-state index is 5.61. The Hall–Kier alpha value is -0.970. The van der Waals surface area contributed by atoms with Crippen LogP contribution in [0.15, 0.2) is 18.2 Å². The summed E-state index contributed by atoms with van der Waals surface area (Å²) in [6, 6.07) is 6.09. The Morgan fingerprint density at radius 2 is 1.89 bits per heavy atom. The molecule has 4 nitrogen and oxygen atoms in total. The van der Waals surface area contributed by atoms with E-state index in [9.17, 15) is 0 Å². The lowest BCUT2D eigenvalue weighted by Gasteiger charge is -2.20.